The molecule has 0 spiro atoms. The Labute approximate surface area is 166 Å². The van der Waals surface area contributed by atoms with Gasteiger partial charge in [0.25, 0.3) is 20.2 Å². The summed E-state index contributed by atoms with van der Waals surface area (Å²) in [6, 6.07) is 10.9. The zero-order valence-electron chi connectivity index (χ0n) is 14.3. The number of hydrogen-bond acceptors (Lipinski definition) is 8. The van der Waals surface area contributed by atoms with Gasteiger partial charge in [0.15, 0.2) is 5.75 Å². The van der Waals surface area contributed by atoms with Crippen LogP contribution in [0.2, 0.25) is 0 Å². The first-order chi connectivity index (χ1) is 13.3. The summed E-state index contributed by atoms with van der Waals surface area (Å²) < 4.78 is 95.8. The van der Waals surface area contributed by atoms with Gasteiger partial charge < -0.3 is 9.92 Å². The van der Waals surface area contributed by atoms with Crippen molar-refractivity contribution in [2.75, 3.05) is 5.73 Å². The minimum Gasteiger partial charge on any atom is -0.395 e. The molecule has 0 radical (unpaired) electrons. The van der Waals surface area contributed by atoms with E-state index in [0.29, 0.717) is 6.07 Å². The highest BCUT2D eigenvalue weighted by Crippen LogP contribution is 2.40. The number of nitrogens with two attached hydrogens (primary N) is 1. The molecule has 0 amide bonds. The predicted octanol–water partition coefficient (Wildman–Crippen LogP) is 1.68. The lowest BCUT2D eigenvalue weighted by Gasteiger charge is -2.15. The van der Waals surface area contributed by atoms with Crippen LogP contribution in [0.15, 0.2) is 69.3 Å². The van der Waals surface area contributed by atoms with Crippen LogP contribution in [0.25, 0.3) is 10.8 Å². The lowest BCUT2D eigenvalue weighted by molar-refractivity contribution is 0.477. The fraction of sp³-hybridized carbons (Fsp3) is 0. The second-order valence-electron chi connectivity index (χ2n) is 5.77. The summed E-state index contributed by atoms with van der Waals surface area (Å²) in [5.41, 5.74) is 4.98. The Morgan fingerprint density at radius 2 is 1.31 bits per heavy atom. The molecular formula is C16H13NO9S3. The Morgan fingerprint density at radius 1 is 0.724 bits per heavy atom. The Hall–Kier alpha value is -2.71. The number of fused-ring (bicyclic) bond motifs is 1. The lowest BCUT2D eigenvalue weighted by atomic mass is 10.1. The smallest absolute Gasteiger partial charge is 0.339 e. The molecule has 0 aromatic heterocycles. The number of benzene rings is 3. The van der Waals surface area contributed by atoms with E-state index in [1.165, 1.54) is 36.4 Å². The van der Waals surface area contributed by atoms with Crippen LogP contribution in [0.5, 0.6) is 5.75 Å². The summed E-state index contributed by atoms with van der Waals surface area (Å²) in [6.07, 6.45) is 0. The van der Waals surface area contributed by atoms with E-state index < -0.39 is 57.0 Å². The summed E-state index contributed by atoms with van der Waals surface area (Å²) in [5, 5.41) is -0.639. The average molecular weight is 459 g/mol. The van der Waals surface area contributed by atoms with E-state index in [1.54, 1.807) is 6.07 Å². The maximum Gasteiger partial charge on any atom is 0.339 e. The average Bonchev–Trinajstić information content (AvgIpc) is 2.62. The summed E-state index contributed by atoms with van der Waals surface area (Å²) in [5.74, 6) is -0.718. The maximum absolute atomic E-state index is 12.6. The van der Waals surface area contributed by atoms with Gasteiger partial charge in [0.2, 0.25) is 0 Å². The highest BCUT2D eigenvalue weighted by Gasteiger charge is 2.27. The first kappa shape index (κ1) is 21.0. The van der Waals surface area contributed by atoms with Crippen LogP contribution >= 0.6 is 0 Å². The molecule has 0 saturated carbocycles. The van der Waals surface area contributed by atoms with E-state index in [0.717, 1.165) is 6.07 Å². The number of nitrogen functional groups attached to an aromatic ring is 1. The van der Waals surface area contributed by atoms with Crippen LogP contribution in [-0.2, 0) is 30.4 Å². The number of anilines is 1. The van der Waals surface area contributed by atoms with Crippen molar-refractivity contribution in [3.8, 4) is 5.75 Å². The molecule has 0 fully saturated rings. The molecule has 13 heteroatoms. The molecule has 0 unspecified atom stereocenters. The fourth-order valence-electron chi connectivity index (χ4n) is 2.63. The van der Waals surface area contributed by atoms with Crippen molar-refractivity contribution in [2.45, 2.75) is 14.7 Å². The van der Waals surface area contributed by atoms with Crippen LogP contribution in [0.1, 0.15) is 0 Å². The zero-order valence-corrected chi connectivity index (χ0v) is 16.7. The van der Waals surface area contributed by atoms with E-state index in [9.17, 15) is 34.4 Å². The van der Waals surface area contributed by atoms with E-state index in [1.807, 2.05) is 0 Å². The van der Waals surface area contributed by atoms with Crippen molar-refractivity contribution in [1.82, 2.24) is 0 Å². The molecule has 0 bridgehead atoms. The summed E-state index contributed by atoms with van der Waals surface area (Å²) in [4.78, 5) is -2.00. The molecule has 3 aromatic carbocycles. The van der Waals surface area contributed by atoms with Crippen molar-refractivity contribution >= 4 is 46.8 Å². The van der Waals surface area contributed by atoms with Crippen molar-refractivity contribution in [3.05, 3.63) is 54.6 Å². The third kappa shape index (κ3) is 4.04. The molecule has 0 atom stereocenters. The van der Waals surface area contributed by atoms with Crippen LogP contribution < -0.4 is 9.92 Å². The van der Waals surface area contributed by atoms with Gasteiger partial charge in [0.1, 0.15) is 14.7 Å². The van der Waals surface area contributed by atoms with Crippen LogP contribution in [-0.4, -0.2) is 34.4 Å². The van der Waals surface area contributed by atoms with Gasteiger partial charge in [-0.2, -0.15) is 25.3 Å². The standard InChI is InChI=1S/C16H13NO9S3/c17-15-14(28(21,22)23)9-12-11(7-4-8-13(12)27(18,19)20)16(15)26-29(24,25)10-5-2-1-3-6-10/h1-9H,17H2,(H,18,19,20)(H,21,22,23). The van der Waals surface area contributed by atoms with Crippen LogP contribution in [0.3, 0.4) is 0 Å². The van der Waals surface area contributed by atoms with Gasteiger partial charge >= 0.3 is 10.1 Å². The lowest BCUT2D eigenvalue weighted by Crippen LogP contribution is -2.13. The third-order valence-corrected chi connectivity index (χ3v) is 6.92. The molecule has 0 saturated heterocycles. The molecular weight excluding hydrogens is 446 g/mol. The molecule has 29 heavy (non-hydrogen) atoms. The van der Waals surface area contributed by atoms with Crippen LogP contribution in [0, 0.1) is 0 Å². The first-order valence-electron chi connectivity index (χ1n) is 7.62. The van der Waals surface area contributed by atoms with Crippen molar-refractivity contribution in [3.63, 3.8) is 0 Å². The van der Waals surface area contributed by atoms with Crippen molar-refractivity contribution < 1.29 is 38.5 Å². The van der Waals surface area contributed by atoms with Crippen molar-refractivity contribution in [1.29, 1.82) is 0 Å². The molecule has 154 valence electrons. The van der Waals surface area contributed by atoms with Gasteiger partial charge in [-0.25, -0.2) is 0 Å². The zero-order chi connectivity index (χ0) is 21.6. The molecule has 0 aliphatic rings. The van der Waals surface area contributed by atoms with E-state index >= 15 is 0 Å². The van der Waals surface area contributed by atoms with Gasteiger partial charge in [0, 0.05) is 10.8 Å². The molecule has 4 N–H and O–H groups in total. The Balaban J connectivity index is 2.41. The minimum atomic E-state index is -5.01. The molecule has 0 aliphatic heterocycles. The summed E-state index contributed by atoms with van der Waals surface area (Å²) in [6.45, 7) is 0. The summed E-state index contributed by atoms with van der Waals surface area (Å²) in [7, 11) is -14.4. The number of hydrogen-bond donors (Lipinski definition) is 3. The first-order valence-corrected chi connectivity index (χ1v) is 11.9. The van der Waals surface area contributed by atoms with Crippen LogP contribution in [0.4, 0.5) is 5.69 Å². The topological polar surface area (TPSA) is 178 Å². The Bertz CT molecular complexity index is 1430. The number of rotatable bonds is 5. The maximum atomic E-state index is 12.6. The second-order valence-corrected chi connectivity index (χ2v) is 10.1. The Kier molecular flexibility index (Phi) is 5.04. The SMILES string of the molecule is Nc1c(S(=O)(=O)O)cc2c(S(=O)(=O)O)cccc2c1OS(=O)(=O)c1ccccc1. The monoisotopic (exact) mass is 459 g/mol. The minimum absolute atomic E-state index is 0.218. The quantitative estimate of drug-likeness (QED) is 0.289. The van der Waals surface area contributed by atoms with Gasteiger partial charge in [0.05, 0.1) is 5.69 Å². The highest BCUT2D eigenvalue weighted by atomic mass is 32.2. The van der Waals surface area contributed by atoms with E-state index in [4.69, 9.17) is 9.92 Å². The van der Waals surface area contributed by atoms with Gasteiger partial charge in [-0.05, 0) is 24.3 Å². The second kappa shape index (κ2) is 6.96. The van der Waals surface area contributed by atoms with Gasteiger partial charge in [-0.15, -0.1) is 0 Å². The molecule has 0 heterocycles. The van der Waals surface area contributed by atoms with Gasteiger partial charge in [-0.1, -0.05) is 30.3 Å². The highest BCUT2D eigenvalue weighted by molar-refractivity contribution is 7.87. The van der Waals surface area contributed by atoms with Crippen molar-refractivity contribution in [2.24, 2.45) is 0 Å². The van der Waals surface area contributed by atoms with E-state index in [2.05, 4.69) is 0 Å². The molecule has 10 nitrogen and oxygen atoms in total. The third-order valence-electron chi connectivity index (χ3n) is 3.88. The Morgan fingerprint density at radius 3 is 1.86 bits per heavy atom. The summed E-state index contributed by atoms with van der Waals surface area (Å²) >= 11 is 0. The normalized spacial score (nSPS) is 12.8. The largest absolute Gasteiger partial charge is 0.395 e. The van der Waals surface area contributed by atoms with Gasteiger partial charge in [-0.3, -0.25) is 9.11 Å². The van der Waals surface area contributed by atoms with E-state index in [-0.39, 0.29) is 10.3 Å². The molecule has 3 rings (SSSR count). The fourth-order valence-corrected chi connectivity index (χ4v) is 4.95. The molecule has 3 aromatic rings. The molecule has 0 aliphatic carbocycles. The predicted molar refractivity (Wildman–Crippen MR) is 102 cm³/mol.